The summed E-state index contributed by atoms with van der Waals surface area (Å²) < 4.78 is 6.88. The quantitative estimate of drug-likeness (QED) is 0.653. The zero-order chi connectivity index (χ0) is 20.8. The number of carbonyl (C=O) groups is 2. The second-order valence-electron chi connectivity index (χ2n) is 6.68. The Hall–Kier alpha value is -2.34. The number of aryl methyl sites for hydroxylation is 2. The minimum absolute atomic E-state index is 0.0495. The summed E-state index contributed by atoms with van der Waals surface area (Å²) in [7, 11) is 0. The van der Waals surface area contributed by atoms with Gasteiger partial charge in [-0.15, -0.1) is 0 Å². The highest BCUT2D eigenvalue weighted by Crippen LogP contribution is 2.28. The van der Waals surface area contributed by atoms with E-state index in [2.05, 4.69) is 21.2 Å². The summed E-state index contributed by atoms with van der Waals surface area (Å²) in [6, 6.07) is 10.9. The highest BCUT2D eigenvalue weighted by Gasteiger charge is 2.19. The molecule has 2 aromatic carbocycles. The Kier molecular flexibility index (Phi) is 7.63. The second kappa shape index (κ2) is 9.73. The number of nitrogens with zero attached hydrogens (tertiary/aromatic N) is 1. The zero-order valence-electron chi connectivity index (χ0n) is 17.0. The molecule has 0 aliphatic heterocycles. The SMILES string of the molecule is CCN(CC)C(=O)c1cccc(NC(=O)C(C)Oc2c(C)cc(Br)cc2C)c1. The van der Waals surface area contributed by atoms with Crippen molar-refractivity contribution in [2.45, 2.75) is 40.7 Å². The Balaban J connectivity index is 2.10. The van der Waals surface area contributed by atoms with E-state index in [9.17, 15) is 9.59 Å². The van der Waals surface area contributed by atoms with Crippen molar-refractivity contribution >= 4 is 33.4 Å². The van der Waals surface area contributed by atoms with Crippen LogP contribution < -0.4 is 10.1 Å². The van der Waals surface area contributed by atoms with Gasteiger partial charge in [0.05, 0.1) is 0 Å². The van der Waals surface area contributed by atoms with E-state index in [0.29, 0.717) is 30.1 Å². The van der Waals surface area contributed by atoms with Gasteiger partial charge in [0.2, 0.25) is 0 Å². The number of hydrogen-bond acceptors (Lipinski definition) is 3. The third-order valence-electron chi connectivity index (χ3n) is 4.52. The number of amides is 2. The number of rotatable bonds is 7. The maximum Gasteiger partial charge on any atom is 0.265 e. The first-order valence-corrected chi connectivity index (χ1v) is 10.2. The van der Waals surface area contributed by atoms with Crippen LogP contribution in [0.2, 0.25) is 0 Å². The Morgan fingerprint density at radius 1 is 1.11 bits per heavy atom. The Morgan fingerprint density at radius 2 is 1.71 bits per heavy atom. The molecular weight excluding hydrogens is 420 g/mol. The second-order valence-corrected chi connectivity index (χ2v) is 7.59. The molecule has 1 atom stereocenters. The average Bonchev–Trinajstić information content (AvgIpc) is 2.65. The molecule has 6 heteroatoms. The fourth-order valence-corrected chi connectivity index (χ4v) is 3.67. The molecule has 2 rings (SSSR count). The van der Waals surface area contributed by atoms with Gasteiger partial charge >= 0.3 is 0 Å². The van der Waals surface area contributed by atoms with E-state index in [4.69, 9.17) is 4.74 Å². The molecule has 150 valence electrons. The molecule has 2 amide bonds. The molecule has 0 fully saturated rings. The van der Waals surface area contributed by atoms with Crippen molar-refractivity contribution in [1.82, 2.24) is 4.90 Å². The van der Waals surface area contributed by atoms with E-state index < -0.39 is 6.10 Å². The van der Waals surface area contributed by atoms with Gasteiger partial charge in [0.15, 0.2) is 6.10 Å². The molecule has 2 aromatic rings. The lowest BCUT2D eigenvalue weighted by Crippen LogP contribution is -2.31. The first kappa shape index (κ1) is 22.0. The van der Waals surface area contributed by atoms with Gasteiger partial charge < -0.3 is 15.0 Å². The summed E-state index contributed by atoms with van der Waals surface area (Å²) in [5, 5.41) is 2.84. The minimum Gasteiger partial charge on any atom is -0.480 e. The molecule has 0 bridgehead atoms. The van der Waals surface area contributed by atoms with Gasteiger partial charge in [0, 0.05) is 28.8 Å². The number of anilines is 1. The number of benzene rings is 2. The number of ether oxygens (including phenoxy) is 1. The van der Waals surface area contributed by atoms with Gasteiger partial charge in [0.1, 0.15) is 5.75 Å². The topological polar surface area (TPSA) is 58.6 Å². The average molecular weight is 447 g/mol. The number of nitrogens with one attached hydrogen (secondary N) is 1. The third kappa shape index (κ3) is 5.35. The Morgan fingerprint density at radius 3 is 2.29 bits per heavy atom. The van der Waals surface area contributed by atoms with Gasteiger partial charge in [-0.3, -0.25) is 9.59 Å². The molecule has 0 spiro atoms. The van der Waals surface area contributed by atoms with Gasteiger partial charge in [-0.1, -0.05) is 22.0 Å². The van der Waals surface area contributed by atoms with Crippen LogP contribution in [0.5, 0.6) is 5.75 Å². The van der Waals surface area contributed by atoms with Crippen molar-refractivity contribution < 1.29 is 14.3 Å². The highest BCUT2D eigenvalue weighted by molar-refractivity contribution is 9.10. The summed E-state index contributed by atoms with van der Waals surface area (Å²) in [5.41, 5.74) is 3.04. The lowest BCUT2D eigenvalue weighted by molar-refractivity contribution is -0.122. The van der Waals surface area contributed by atoms with Crippen LogP contribution in [0.1, 0.15) is 42.3 Å². The van der Waals surface area contributed by atoms with Gasteiger partial charge in [0.25, 0.3) is 11.8 Å². The summed E-state index contributed by atoms with van der Waals surface area (Å²) in [5.74, 6) is 0.386. The molecule has 0 radical (unpaired) electrons. The molecule has 0 aromatic heterocycles. The molecular formula is C22H27BrN2O3. The van der Waals surface area contributed by atoms with Crippen molar-refractivity contribution in [3.8, 4) is 5.75 Å². The van der Waals surface area contributed by atoms with Crippen molar-refractivity contribution in [3.05, 3.63) is 57.6 Å². The van der Waals surface area contributed by atoms with E-state index in [1.165, 1.54) is 0 Å². The van der Waals surface area contributed by atoms with Gasteiger partial charge in [-0.05, 0) is 76.1 Å². The molecule has 0 saturated carbocycles. The number of hydrogen-bond donors (Lipinski definition) is 1. The standard InChI is InChI=1S/C22H27BrN2O3/c1-6-25(7-2)22(27)17-9-8-10-19(13-17)24-21(26)16(5)28-20-14(3)11-18(23)12-15(20)4/h8-13,16H,6-7H2,1-5H3,(H,24,26). The van der Waals surface area contributed by atoms with E-state index in [0.717, 1.165) is 15.6 Å². The minimum atomic E-state index is -0.680. The van der Waals surface area contributed by atoms with Crippen LogP contribution >= 0.6 is 15.9 Å². The molecule has 1 N–H and O–H groups in total. The zero-order valence-corrected chi connectivity index (χ0v) is 18.6. The smallest absolute Gasteiger partial charge is 0.265 e. The van der Waals surface area contributed by atoms with Crippen LogP contribution in [0.15, 0.2) is 40.9 Å². The van der Waals surface area contributed by atoms with Crippen molar-refractivity contribution in [3.63, 3.8) is 0 Å². The van der Waals surface area contributed by atoms with E-state index >= 15 is 0 Å². The Labute approximate surface area is 175 Å². The lowest BCUT2D eigenvalue weighted by atomic mass is 10.1. The van der Waals surface area contributed by atoms with Crippen LogP contribution in [-0.2, 0) is 4.79 Å². The molecule has 0 aliphatic rings. The molecule has 0 aliphatic carbocycles. The van der Waals surface area contributed by atoms with Crippen LogP contribution in [-0.4, -0.2) is 35.9 Å². The maximum atomic E-state index is 12.6. The third-order valence-corrected chi connectivity index (χ3v) is 4.97. The van der Waals surface area contributed by atoms with Crippen LogP contribution in [0.3, 0.4) is 0 Å². The fraction of sp³-hybridized carbons (Fsp3) is 0.364. The van der Waals surface area contributed by atoms with Crippen LogP contribution in [0, 0.1) is 13.8 Å². The first-order chi connectivity index (χ1) is 13.3. The molecule has 0 saturated heterocycles. The molecule has 0 heterocycles. The molecule has 28 heavy (non-hydrogen) atoms. The summed E-state index contributed by atoms with van der Waals surface area (Å²) in [6.07, 6.45) is -0.680. The predicted octanol–water partition coefficient (Wildman–Crippen LogP) is 4.95. The van der Waals surface area contributed by atoms with E-state index in [1.807, 2.05) is 39.8 Å². The normalized spacial score (nSPS) is 11.6. The first-order valence-electron chi connectivity index (χ1n) is 9.40. The highest BCUT2D eigenvalue weighted by atomic mass is 79.9. The van der Waals surface area contributed by atoms with Crippen molar-refractivity contribution in [2.24, 2.45) is 0 Å². The monoisotopic (exact) mass is 446 g/mol. The van der Waals surface area contributed by atoms with E-state index in [1.54, 1.807) is 36.1 Å². The number of halogens is 1. The summed E-state index contributed by atoms with van der Waals surface area (Å²) in [6.45, 7) is 10.8. The summed E-state index contributed by atoms with van der Waals surface area (Å²) >= 11 is 3.46. The summed E-state index contributed by atoms with van der Waals surface area (Å²) in [4.78, 5) is 26.8. The predicted molar refractivity (Wildman–Crippen MR) is 116 cm³/mol. The molecule has 5 nitrogen and oxygen atoms in total. The maximum absolute atomic E-state index is 12.6. The van der Waals surface area contributed by atoms with Crippen molar-refractivity contribution in [2.75, 3.05) is 18.4 Å². The molecule has 1 unspecified atom stereocenters. The van der Waals surface area contributed by atoms with E-state index in [-0.39, 0.29) is 11.8 Å². The lowest BCUT2D eigenvalue weighted by Gasteiger charge is -2.20. The number of carbonyl (C=O) groups excluding carboxylic acids is 2. The largest absolute Gasteiger partial charge is 0.480 e. The fourth-order valence-electron chi connectivity index (χ4n) is 2.98. The van der Waals surface area contributed by atoms with Gasteiger partial charge in [-0.25, -0.2) is 0 Å². The van der Waals surface area contributed by atoms with Crippen LogP contribution in [0.4, 0.5) is 5.69 Å². The van der Waals surface area contributed by atoms with Crippen molar-refractivity contribution in [1.29, 1.82) is 0 Å². The Bertz CT molecular complexity index is 840. The van der Waals surface area contributed by atoms with Crippen LogP contribution in [0.25, 0.3) is 0 Å². The van der Waals surface area contributed by atoms with Gasteiger partial charge in [-0.2, -0.15) is 0 Å².